The number of hydrogen-bond donors (Lipinski definition) is 2. The van der Waals surface area contributed by atoms with Crippen LogP contribution in [0.1, 0.15) is 10.4 Å². The van der Waals surface area contributed by atoms with Gasteiger partial charge in [0, 0.05) is 19.4 Å². The lowest BCUT2D eigenvalue weighted by Crippen LogP contribution is -2.18. The van der Waals surface area contributed by atoms with E-state index in [2.05, 4.69) is 15.3 Å². The molecule has 0 saturated carbocycles. The van der Waals surface area contributed by atoms with Crippen LogP contribution in [-0.4, -0.2) is 22.9 Å². The van der Waals surface area contributed by atoms with Crippen molar-refractivity contribution in [2.45, 2.75) is 0 Å². The van der Waals surface area contributed by atoms with Crippen molar-refractivity contribution in [3.05, 3.63) is 42.2 Å². The van der Waals surface area contributed by atoms with Gasteiger partial charge in [-0.15, -0.1) is 0 Å². The summed E-state index contributed by atoms with van der Waals surface area (Å²) in [5.74, 6) is 0.277. The first kappa shape index (κ1) is 10.2. The van der Waals surface area contributed by atoms with Crippen LogP contribution < -0.4 is 10.1 Å². The number of nitrogens with zero attached hydrogens (tertiary/aromatic N) is 1. The van der Waals surface area contributed by atoms with Crippen molar-refractivity contribution >= 4 is 5.91 Å². The lowest BCUT2D eigenvalue weighted by Gasteiger charge is -2.07. The molecule has 0 atom stereocenters. The van der Waals surface area contributed by atoms with Crippen LogP contribution in [0.2, 0.25) is 0 Å². The van der Waals surface area contributed by atoms with Crippen LogP contribution in [0, 0.1) is 0 Å². The van der Waals surface area contributed by atoms with Gasteiger partial charge in [-0.05, 0) is 12.1 Å². The van der Waals surface area contributed by atoms with Crippen LogP contribution in [-0.2, 0) is 0 Å². The maximum absolute atomic E-state index is 11.5. The number of rotatable bonds is 3. The Hall–Kier alpha value is -2.30. The molecule has 5 nitrogen and oxygen atoms in total. The van der Waals surface area contributed by atoms with Gasteiger partial charge in [0.15, 0.2) is 0 Å². The van der Waals surface area contributed by atoms with Gasteiger partial charge < -0.3 is 15.0 Å². The summed E-state index contributed by atoms with van der Waals surface area (Å²) < 4.78 is 5.44. The molecule has 0 spiro atoms. The van der Waals surface area contributed by atoms with Gasteiger partial charge in [-0.1, -0.05) is 12.1 Å². The van der Waals surface area contributed by atoms with Crippen LogP contribution in [0.25, 0.3) is 0 Å². The largest absolute Gasteiger partial charge is 0.425 e. The number of aromatic nitrogens is 2. The molecule has 0 unspecified atom stereocenters. The second-order valence-electron chi connectivity index (χ2n) is 3.07. The highest BCUT2D eigenvalue weighted by atomic mass is 16.5. The maximum Gasteiger partial charge on any atom is 0.299 e. The Labute approximate surface area is 92.5 Å². The number of hydrogen-bond acceptors (Lipinski definition) is 3. The Morgan fingerprint density at radius 3 is 2.94 bits per heavy atom. The van der Waals surface area contributed by atoms with Crippen LogP contribution >= 0.6 is 0 Å². The number of carbonyl (C=O) groups is 1. The number of imidazole rings is 1. The third kappa shape index (κ3) is 2.03. The summed E-state index contributed by atoms with van der Waals surface area (Å²) in [4.78, 5) is 18.3. The highest BCUT2D eigenvalue weighted by molar-refractivity contribution is 5.96. The van der Waals surface area contributed by atoms with E-state index in [0.29, 0.717) is 17.3 Å². The fourth-order valence-corrected chi connectivity index (χ4v) is 1.29. The van der Waals surface area contributed by atoms with E-state index in [-0.39, 0.29) is 5.91 Å². The minimum absolute atomic E-state index is 0.192. The summed E-state index contributed by atoms with van der Waals surface area (Å²) >= 11 is 0. The van der Waals surface area contributed by atoms with Crippen LogP contribution in [0.5, 0.6) is 11.8 Å². The molecule has 2 N–H and O–H groups in total. The molecular formula is C11H11N3O2. The molecule has 1 amide bonds. The third-order valence-corrected chi connectivity index (χ3v) is 2.04. The van der Waals surface area contributed by atoms with E-state index >= 15 is 0 Å². The Bertz CT molecular complexity index is 480. The Kier molecular flexibility index (Phi) is 2.86. The molecule has 2 rings (SSSR count). The first-order valence-electron chi connectivity index (χ1n) is 4.79. The number of amides is 1. The van der Waals surface area contributed by atoms with Gasteiger partial charge in [-0.2, -0.15) is 0 Å². The predicted molar refractivity (Wildman–Crippen MR) is 58.5 cm³/mol. The van der Waals surface area contributed by atoms with E-state index in [1.165, 1.54) is 0 Å². The van der Waals surface area contributed by atoms with Crippen LogP contribution in [0.15, 0.2) is 36.7 Å². The zero-order valence-electron chi connectivity index (χ0n) is 8.73. The molecule has 0 aliphatic carbocycles. The smallest absolute Gasteiger partial charge is 0.299 e. The number of benzene rings is 1. The summed E-state index contributed by atoms with van der Waals surface area (Å²) in [5, 5.41) is 2.55. The second kappa shape index (κ2) is 4.48. The summed E-state index contributed by atoms with van der Waals surface area (Å²) in [7, 11) is 1.58. The molecule has 2 aromatic rings. The van der Waals surface area contributed by atoms with Gasteiger partial charge in [0.1, 0.15) is 5.75 Å². The fourth-order valence-electron chi connectivity index (χ4n) is 1.29. The number of H-pyrrole nitrogens is 1. The van der Waals surface area contributed by atoms with E-state index in [9.17, 15) is 4.79 Å². The minimum Gasteiger partial charge on any atom is -0.425 e. The van der Waals surface area contributed by atoms with Crippen LogP contribution in [0.3, 0.4) is 0 Å². The van der Waals surface area contributed by atoms with Gasteiger partial charge in [0.25, 0.3) is 11.9 Å². The molecule has 0 fully saturated rings. The second-order valence-corrected chi connectivity index (χ2v) is 3.07. The lowest BCUT2D eigenvalue weighted by molar-refractivity contribution is 0.0960. The van der Waals surface area contributed by atoms with Gasteiger partial charge in [-0.3, -0.25) is 4.79 Å². The highest BCUT2D eigenvalue weighted by Crippen LogP contribution is 2.22. The molecule has 0 aliphatic heterocycles. The third-order valence-electron chi connectivity index (χ3n) is 2.04. The van der Waals surface area contributed by atoms with Crippen molar-refractivity contribution in [3.63, 3.8) is 0 Å². The standard InChI is InChI=1S/C11H11N3O2/c1-12-10(15)8-4-2-3-5-9(8)16-11-13-6-7-14-11/h2-7H,1H3,(H,12,15)(H,13,14). The SMILES string of the molecule is CNC(=O)c1ccccc1Oc1ncc[nH]1. The average molecular weight is 217 g/mol. The molecule has 1 aromatic heterocycles. The quantitative estimate of drug-likeness (QED) is 0.819. The van der Waals surface area contributed by atoms with E-state index in [1.807, 2.05) is 0 Å². The summed E-state index contributed by atoms with van der Waals surface area (Å²) in [6.07, 6.45) is 3.23. The highest BCUT2D eigenvalue weighted by Gasteiger charge is 2.11. The average Bonchev–Trinajstić information content (AvgIpc) is 2.82. The molecule has 0 bridgehead atoms. The maximum atomic E-state index is 11.5. The molecule has 82 valence electrons. The molecule has 0 saturated heterocycles. The van der Waals surface area contributed by atoms with E-state index in [1.54, 1.807) is 43.7 Å². The normalized spacial score (nSPS) is 9.81. The minimum atomic E-state index is -0.192. The Morgan fingerprint density at radius 1 is 1.44 bits per heavy atom. The van der Waals surface area contributed by atoms with Crippen LogP contribution in [0.4, 0.5) is 0 Å². The summed E-state index contributed by atoms with van der Waals surface area (Å²) in [6, 6.07) is 7.34. The van der Waals surface area contributed by atoms with Crippen molar-refractivity contribution < 1.29 is 9.53 Å². The Balaban J connectivity index is 2.30. The van der Waals surface area contributed by atoms with Crippen molar-refractivity contribution in [2.24, 2.45) is 0 Å². The number of para-hydroxylation sites is 1. The van der Waals surface area contributed by atoms with E-state index in [0.717, 1.165) is 0 Å². The van der Waals surface area contributed by atoms with Crippen molar-refractivity contribution in [2.75, 3.05) is 7.05 Å². The monoisotopic (exact) mass is 217 g/mol. The van der Waals surface area contributed by atoms with Gasteiger partial charge in [0.2, 0.25) is 0 Å². The van der Waals surface area contributed by atoms with E-state index in [4.69, 9.17) is 4.74 Å². The first-order chi connectivity index (χ1) is 7.81. The Morgan fingerprint density at radius 2 is 2.25 bits per heavy atom. The lowest BCUT2D eigenvalue weighted by atomic mass is 10.2. The van der Waals surface area contributed by atoms with Crippen molar-refractivity contribution in [3.8, 4) is 11.8 Å². The molecular weight excluding hydrogens is 206 g/mol. The fraction of sp³-hybridized carbons (Fsp3) is 0.0909. The zero-order valence-corrected chi connectivity index (χ0v) is 8.73. The van der Waals surface area contributed by atoms with Gasteiger partial charge in [0.05, 0.1) is 5.56 Å². The topological polar surface area (TPSA) is 67.0 Å². The molecule has 5 heteroatoms. The van der Waals surface area contributed by atoms with Crippen molar-refractivity contribution in [1.29, 1.82) is 0 Å². The number of nitrogens with one attached hydrogen (secondary N) is 2. The molecule has 16 heavy (non-hydrogen) atoms. The molecule has 0 aliphatic rings. The van der Waals surface area contributed by atoms with E-state index < -0.39 is 0 Å². The summed E-state index contributed by atoms with van der Waals surface area (Å²) in [6.45, 7) is 0. The predicted octanol–water partition coefficient (Wildman–Crippen LogP) is 1.56. The van der Waals surface area contributed by atoms with Crippen molar-refractivity contribution in [1.82, 2.24) is 15.3 Å². The zero-order chi connectivity index (χ0) is 11.4. The molecule has 1 heterocycles. The number of carbonyl (C=O) groups excluding carboxylic acids is 1. The first-order valence-corrected chi connectivity index (χ1v) is 4.79. The number of ether oxygens (including phenoxy) is 1. The summed E-state index contributed by atoms with van der Waals surface area (Å²) in [5.41, 5.74) is 0.474. The van der Waals surface area contributed by atoms with Gasteiger partial charge >= 0.3 is 0 Å². The van der Waals surface area contributed by atoms with Gasteiger partial charge in [-0.25, -0.2) is 4.98 Å². The number of aromatic amines is 1. The molecule has 1 aromatic carbocycles. The molecule has 0 radical (unpaired) electrons.